The minimum Gasteiger partial charge on any atom is -0.469 e. The monoisotopic (exact) mass is 220 g/mol. The zero-order valence-corrected chi connectivity index (χ0v) is 9.27. The predicted octanol–water partition coefficient (Wildman–Crippen LogP) is 2.76. The van der Waals surface area contributed by atoms with Crippen molar-refractivity contribution < 1.29 is 8.81 Å². The minimum atomic E-state index is -0.465. The minimum absolute atomic E-state index is 0.465. The summed E-state index contributed by atoms with van der Waals surface area (Å²) in [6.45, 7) is 2.56. The maximum Gasteiger partial charge on any atom is 0.214 e. The molecular weight excluding hydrogens is 207 g/mol. The molecule has 0 atom stereocenters. The van der Waals surface area contributed by atoms with Crippen molar-refractivity contribution >= 4 is 5.82 Å². The highest BCUT2D eigenvalue weighted by molar-refractivity contribution is 5.38. The highest BCUT2D eigenvalue weighted by atomic mass is 19.1. The fourth-order valence-electron chi connectivity index (χ4n) is 1.52. The average Bonchev–Trinajstić information content (AvgIpc) is 2.64. The van der Waals surface area contributed by atoms with Crippen molar-refractivity contribution in [2.45, 2.75) is 13.5 Å². The predicted molar refractivity (Wildman–Crippen MR) is 59.7 cm³/mol. The molecule has 0 aliphatic heterocycles. The second-order valence-corrected chi connectivity index (χ2v) is 3.68. The maximum absolute atomic E-state index is 12.9. The van der Waals surface area contributed by atoms with Gasteiger partial charge in [0.15, 0.2) is 0 Å². The lowest BCUT2D eigenvalue weighted by atomic mass is 10.2. The van der Waals surface area contributed by atoms with Crippen LogP contribution in [0.25, 0.3) is 0 Å². The smallest absolute Gasteiger partial charge is 0.214 e. The summed E-state index contributed by atoms with van der Waals surface area (Å²) in [5.74, 6) is 1.03. The SMILES string of the molecule is Cc1occc1CN(C)c1cccc(F)n1. The summed E-state index contributed by atoms with van der Waals surface area (Å²) in [5, 5.41) is 0. The lowest BCUT2D eigenvalue weighted by Gasteiger charge is -2.17. The van der Waals surface area contributed by atoms with E-state index < -0.39 is 5.95 Å². The van der Waals surface area contributed by atoms with Gasteiger partial charge in [-0.05, 0) is 25.1 Å². The standard InChI is InChI=1S/C12H13FN2O/c1-9-10(6-7-16-9)8-15(2)12-5-3-4-11(13)14-12/h3-7H,8H2,1-2H3. The van der Waals surface area contributed by atoms with Crippen molar-refractivity contribution in [3.8, 4) is 0 Å². The van der Waals surface area contributed by atoms with Crippen molar-refractivity contribution in [1.29, 1.82) is 0 Å². The van der Waals surface area contributed by atoms with Gasteiger partial charge < -0.3 is 9.32 Å². The van der Waals surface area contributed by atoms with E-state index in [0.29, 0.717) is 12.4 Å². The highest BCUT2D eigenvalue weighted by Gasteiger charge is 2.07. The topological polar surface area (TPSA) is 29.3 Å². The molecule has 2 aromatic heterocycles. The lowest BCUT2D eigenvalue weighted by Crippen LogP contribution is -2.18. The number of nitrogens with zero attached hydrogens (tertiary/aromatic N) is 2. The van der Waals surface area contributed by atoms with Crippen LogP contribution in [0.3, 0.4) is 0 Å². The molecule has 0 bridgehead atoms. The van der Waals surface area contributed by atoms with Gasteiger partial charge in [0.05, 0.1) is 6.26 Å². The molecule has 0 amide bonds. The molecule has 0 unspecified atom stereocenters. The van der Waals surface area contributed by atoms with Gasteiger partial charge >= 0.3 is 0 Å². The molecule has 0 radical (unpaired) electrons. The summed E-state index contributed by atoms with van der Waals surface area (Å²) in [7, 11) is 1.87. The Morgan fingerprint density at radius 3 is 2.81 bits per heavy atom. The van der Waals surface area contributed by atoms with Crippen molar-refractivity contribution in [2.24, 2.45) is 0 Å². The first-order valence-electron chi connectivity index (χ1n) is 5.03. The molecule has 84 valence electrons. The Morgan fingerprint density at radius 2 is 2.19 bits per heavy atom. The van der Waals surface area contributed by atoms with E-state index >= 15 is 0 Å². The number of halogens is 1. The van der Waals surface area contributed by atoms with E-state index in [9.17, 15) is 4.39 Å². The number of aryl methyl sites for hydroxylation is 1. The number of aromatic nitrogens is 1. The first-order valence-corrected chi connectivity index (χ1v) is 5.03. The van der Waals surface area contributed by atoms with E-state index in [2.05, 4.69) is 4.98 Å². The second-order valence-electron chi connectivity index (χ2n) is 3.68. The molecule has 2 heterocycles. The van der Waals surface area contributed by atoms with E-state index in [1.165, 1.54) is 6.07 Å². The largest absolute Gasteiger partial charge is 0.469 e. The second kappa shape index (κ2) is 4.35. The van der Waals surface area contributed by atoms with Gasteiger partial charge in [-0.3, -0.25) is 0 Å². The third-order valence-electron chi connectivity index (χ3n) is 2.47. The van der Waals surface area contributed by atoms with Crippen LogP contribution >= 0.6 is 0 Å². The molecular formula is C12H13FN2O. The van der Waals surface area contributed by atoms with Crippen LogP contribution in [0.1, 0.15) is 11.3 Å². The van der Waals surface area contributed by atoms with Gasteiger partial charge in [0.2, 0.25) is 5.95 Å². The van der Waals surface area contributed by atoms with Crippen LogP contribution < -0.4 is 4.90 Å². The Morgan fingerprint density at radius 1 is 1.38 bits per heavy atom. The lowest BCUT2D eigenvalue weighted by molar-refractivity contribution is 0.529. The zero-order valence-electron chi connectivity index (χ0n) is 9.27. The van der Waals surface area contributed by atoms with Crippen LogP contribution in [0, 0.1) is 12.9 Å². The van der Waals surface area contributed by atoms with Crippen molar-refractivity contribution in [1.82, 2.24) is 4.98 Å². The van der Waals surface area contributed by atoms with Gasteiger partial charge in [0.1, 0.15) is 11.6 Å². The van der Waals surface area contributed by atoms with Gasteiger partial charge in [-0.25, -0.2) is 4.98 Å². The Kier molecular flexibility index (Phi) is 2.90. The van der Waals surface area contributed by atoms with Gasteiger partial charge in [0.25, 0.3) is 0 Å². The number of rotatable bonds is 3. The number of hydrogen-bond acceptors (Lipinski definition) is 3. The van der Waals surface area contributed by atoms with Gasteiger partial charge in [-0.15, -0.1) is 0 Å². The highest BCUT2D eigenvalue weighted by Crippen LogP contribution is 2.15. The first kappa shape index (κ1) is 10.7. The Labute approximate surface area is 93.5 Å². The summed E-state index contributed by atoms with van der Waals surface area (Å²) in [6.07, 6.45) is 1.65. The normalized spacial score (nSPS) is 10.4. The Bertz CT molecular complexity index is 481. The van der Waals surface area contributed by atoms with Crippen LogP contribution in [-0.4, -0.2) is 12.0 Å². The molecule has 0 fully saturated rings. The average molecular weight is 220 g/mol. The van der Waals surface area contributed by atoms with E-state index in [4.69, 9.17) is 4.42 Å². The number of furan rings is 1. The quantitative estimate of drug-likeness (QED) is 0.745. The molecule has 2 aromatic rings. The number of hydrogen-bond donors (Lipinski definition) is 0. The van der Waals surface area contributed by atoms with Crippen LogP contribution in [0.15, 0.2) is 34.9 Å². The molecule has 0 saturated carbocycles. The molecule has 0 N–H and O–H groups in total. The molecule has 0 aliphatic carbocycles. The Balaban J connectivity index is 2.14. The summed E-state index contributed by atoms with van der Waals surface area (Å²) < 4.78 is 18.1. The van der Waals surface area contributed by atoms with Crippen LogP contribution in [-0.2, 0) is 6.54 Å². The van der Waals surface area contributed by atoms with Crippen molar-refractivity contribution in [3.63, 3.8) is 0 Å². The molecule has 0 aromatic carbocycles. The zero-order chi connectivity index (χ0) is 11.5. The fraction of sp³-hybridized carbons (Fsp3) is 0.250. The molecule has 0 saturated heterocycles. The van der Waals surface area contributed by atoms with E-state index in [0.717, 1.165) is 11.3 Å². The summed E-state index contributed by atoms with van der Waals surface area (Å²) in [4.78, 5) is 5.69. The van der Waals surface area contributed by atoms with Gasteiger partial charge in [-0.2, -0.15) is 4.39 Å². The summed E-state index contributed by atoms with van der Waals surface area (Å²) in [5.41, 5.74) is 1.08. The van der Waals surface area contributed by atoms with E-state index in [-0.39, 0.29) is 0 Å². The number of pyridine rings is 1. The van der Waals surface area contributed by atoms with E-state index in [1.807, 2.05) is 24.9 Å². The number of anilines is 1. The molecule has 0 spiro atoms. The first-order chi connectivity index (χ1) is 7.66. The molecule has 0 aliphatic rings. The Hall–Kier alpha value is -1.84. The molecule has 4 heteroatoms. The van der Waals surface area contributed by atoms with E-state index in [1.54, 1.807) is 18.4 Å². The van der Waals surface area contributed by atoms with Gasteiger partial charge in [0, 0.05) is 19.2 Å². The molecule has 3 nitrogen and oxygen atoms in total. The van der Waals surface area contributed by atoms with Crippen molar-refractivity contribution in [3.05, 3.63) is 47.8 Å². The maximum atomic E-state index is 12.9. The van der Waals surface area contributed by atoms with Crippen LogP contribution in [0.4, 0.5) is 10.2 Å². The third kappa shape index (κ3) is 2.21. The fourth-order valence-corrected chi connectivity index (χ4v) is 1.52. The third-order valence-corrected chi connectivity index (χ3v) is 2.47. The van der Waals surface area contributed by atoms with Gasteiger partial charge in [-0.1, -0.05) is 6.07 Å². The van der Waals surface area contributed by atoms with Crippen LogP contribution in [0.5, 0.6) is 0 Å². The summed E-state index contributed by atoms with van der Waals surface area (Å²) >= 11 is 0. The van der Waals surface area contributed by atoms with Crippen LogP contribution in [0.2, 0.25) is 0 Å². The molecule has 2 rings (SSSR count). The van der Waals surface area contributed by atoms with Crippen molar-refractivity contribution in [2.75, 3.05) is 11.9 Å². The summed E-state index contributed by atoms with van der Waals surface area (Å²) in [6, 6.07) is 6.67. The molecule has 16 heavy (non-hydrogen) atoms.